The van der Waals surface area contributed by atoms with E-state index in [1.807, 2.05) is 20.8 Å². The summed E-state index contributed by atoms with van der Waals surface area (Å²) in [6, 6.07) is 0. The molecule has 0 unspecified atom stereocenters. The summed E-state index contributed by atoms with van der Waals surface area (Å²) in [5.74, 6) is 0.197. The maximum Gasteiger partial charge on any atom is 0.211 e. The average molecular weight is 280 g/mol. The molecule has 0 amide bonds. The van der Waals surface area contributed by atoms with Gasteiger partial charge >= 0.3 is 0 Å². The van der Waals surface area contributed by atoms with Gasteiger partial charge in [0, 0.05) is 13.2 Å². The molecule has 0 radical (unpaired) electrons. The molecule has 0 heterocycles. The van der Waals surface area contributed by atoms with Crippen LogP contribution in [0.2, 0.25) is 0 Å². The van der Waals surface area contributed by atoms with Crippen molar-refractivity contribution in [2.24, 2.45) is 0 Å². The lowest BCUT2D eigenvalue weighted by Crippen LogP contribution is -2.29. The lowest BCUT2D eigenvalue weighted by molar-refractivity contribution is 0.0762. The highest BCUT2D eigenvalue weighted by atomic mass is 32.2. The quantitative estimate of drug-likeness (QED) is 0.526. The smallest absolute Gasteiger partial charge is 0.211 e. The SMILES string of the molecule is CCNCCCS(=O)(=O)NCCCCOC(C)C. The third-order valence-corrected chi connectivity index (χ3v) is 3.83. The summed E-state index contributed by atoms with van der Waals surface area (Å²) in [5, 5.41) is 3.11. The first-order valence-electron chi connectivity index (χ1n) is 6.77. The fourth-order valence-electron chi connectivity index (χ4n) is 1.41. The van der Waals surface area contributed by atoms with Gasteiger partial charge in [-0.3, -0.25) is 0 Å². The van der Waals surface area contributed by atoms with Crippen LogP contribution in [0.1, 0.15) is 40.0 Å². The zero-order valence-electron chi connectivity index (χ0n) is 11.9. The maximum atomic E-state index is 11.6. The van der Waals surface area contributed by atoms with E-state index in [4.69, 9.17) is 4.74 Å². The molecular weight excluding hydrogens is 252 g/mol. The largest absolute Gasteiger partial charge is 0.379 e. The van der Waals surface area contributed by atoms with Crippen molar-refractivity contribution in [1.82, 2.24) is 10.0 Å². The molecule has 0 aromatic heterocycles. The predicted octanol–water partition coefficient (Wildman–Crippen LogP) is 1.11. The zero-order chi connectivity index (χ0) is 13.9. The Kier molecular flexibility index (Phi) is 10.6. The van der Waals surface area contributed by atoms with Crippen LogP contribution in [0.3, 0.4) is 0 Å². The van der Waals surface area contributed by atoms with E-state index in [2.05, 4.69) is 10.0 Å². The normalized spacial score (nSPS) is 12.2. The highest BCUT2D eigenvalue weighted by molar-refractivity contribution is 7.89. The summed E-state index contributed by atoms with van der Waals surface area (Å²) in [6.45, 7) is 8.82. The third-order valence-electron chi connectivity index (χ3n) is 2.36. The van der Waals surface area contributed by atoms with E-state index in [-0.39, 0.29) is 11.9 Å². The van der Waals surface area contributed by atoms with E-state index in [0.717, 1.165) is 25.9 Å². The summed E-state index contributed by atoms with van der Waals surface area (Å²) >= 11 is 0. The van der Waals surface area contributed by atoms with Crippen LogP contribution in [0.25, 0.3) is 0 Å². The molecule has 0 spiro atoms. The van der Waals surface area contributed by atoms with Crippen LogP contribution in [-0.2, 0) is 14.8 Å². The molecule has 0 aliphatic rings. The van der Waals surface area contributed by atoms with E-state index in [1.165, 1.54) is 0 Å². The van der Waals surface area contributed by atoms with Gasteiger partial charge in [0.1, 0.15) is 0 Å². The molecule has 0 aliphatic heterocycles. The summed E-state index contributed by atoms with van der Waals surface area (Å²) in [6.07, 6.45) is 2.60. The molecule has 0 fully saturated rings. The number of nitrogens with one attached hydrogen (secondary N) is 2. The molecule has 0 aromatic carbocycles. The number of ether oxygens (including phenoxy) is 1. The first-order chi connectivity index (χ1) is 8.48. The fourth-order valence-corrected chi connectivity index (χ4v) is 2.53. The molecule has 0 bridgehead atoms. The van der Waals surface area contributed by atoms with Crippen LogP contribution >= 0.6 is 0 Å². The van der Waals surface area contributed by atoms with Crippen molar-refractivity contribution in [3.8, 4) is 0 Å². The van der Waals surface area contributed by atoms with Gasteiger partial charge in [-0.05, 0) is 46.2 Å². The Bertz CT molecular complexity index is 279. The second-order valence-electron chi connectivity index (χ2n) is 4.55. The van der Waals surface area contributed by atoms with E-state index in [1.54, 1.807) is 0 Å². The van der Waals surface area contributed by atoms with Crippen molar-refractivity contribution in [3.63, 3.8) is 0 Å². The minimum Gasteiger partial charge on any atom is -0.379 e. The van der Waals surface area contributed by atoms with Crippen LogP contribution in [-0.4, -0.2) is 46.5 Å². The van der Waals surface area contributed by atoms with Crippen molar-refractivity contribution in [3.05, 3.63) is 0 Å². The Hall–Kier alpha value is -0.170. The molecule has 2 N–H and O–H groups in total. The van der Waals surface area contributed by atoms with Gasteiger partial charge in [-0.1, -0.05) is 6.92 Å². The number of rotatable bonds is 12. The van der Waals surface area contributed by atoms with Crippen LogP contribution in [0.4, 0.5) is 0 Å². The topological polar surface area (TPSA) is 67.4 Å². The lowest BCUT2D eigenvalue weighted by atomic mass is 10.3. The number of sulfonamides is 1. The van der Waals surface area contributed by atoms with E-state index in [9.17, 15) is 8.42 Å². The summed E-state index contributed by atoms with van der Waals surface area (Å²) in [7, 11) is -3.10. The summed E-state index contributed by atoms with van der Waals surface area (Å²) in [4.78, 5) is 0. The van der Waals surface area contributed by atoms with Crippen LogP contribution in [0.5, 0.6) is 0 Å². The maximum absolute atomic E-state index is 11.6. The minimum absolute atomic E-state index is 0.197. The van der Waals surface area contributed by atoms with E-state index >= 15 is 0 Å². The third kappa shape index (κ3) is 12.3. The second kappa shape index (κ2) is 10.7. The molecule has 0 saturated heterocycles. The minimum atomic E-state index is -3.10. The Morgan fingerprint density at radius 1 is 1.11 bits per heavy atom. The molecule has 110 valence electrons. The van der Waals surface area contributed by atoms with Crippen molar-refractivity contribution >= 4 is 10.0 Å². The Morgan fingerprint density at radius 3 is 2.44 bits per heavy atom. The van der Waals surface area contributed by atoms with Gasteiger partial charge in [0.15, 0.2) is 0 Å². The first kappa shape index (κ1) is 17.8. The van der Waals surface area contributed by atoms with Crippen LogP contribution in [0, 0.1) is 0 Å². The van der Waals surface area contributed by atoms with Crippen molar-refractivity contribution < 1.29 is 13.2 Å². The van der Waals surface area contributed by atoms with Gasteiger partial charge in [0.05, 0.1) is 11.9 Å². The lowest BCUT2D eigenvalue weighted by Gasteiger charge is -2.08. The van der Waals surface area contributed by atoms with E-state index < -0.39 is 10.0 Å². The average Bonchev–Trinajstić information content (AvgIpc) is 2.29. The van der Waals surface area contributed by atoms with Crippen LogP contribution in [0.15, 0.2) is 0 Å². The standard InChI is InChI=1S/C12H28N2O3S/c1-4-13-8-7-11-18(15,16)14-9-5-6-10-17-12(2)3/h12-14H,4-11H2,1-3H3. The van der Waals surface area contributed by atoms with Crippen molar-refractivity contribution in [2.45, 2.75) is 46.1 Å². The number of unbranched alkanes of at least 4 members (excludes halogenated alkanes) is 1. The van der Waals surface area contributed by atoms with Gasteiger partial charge < -0.3 is 10.1 Å². The number of hydrogen-bond donors (Lipinski definition) is 2. The van der Waals surface area contributed by atoms with Gasteiger partial charge in [0.2, 0.25) is 10.0 Å². The molecule has 0 saturated carbocycles. The summed E-state index contributed by atoms with van der Waals surface area (Å²) < 4.78 is 31.1. The van der Waals surface area contributed by atoms with Crippen molar-refractivity contribution in [2.75, 3.05) is 32.0 Å². The highest BCUT2D eigenvalue weighted by Crippen LogP contribution is 1.95. The Balaban J connectivity index is 3.47. The van der Waals surface area contributed by atoms with E-state index in [0.29, 0.717) is 19.6 Å². The predicted molar refractivity (Wildman–Crippen MR) is 75.3 cm³/mol. The molecule has 0 atom stereocenters. The Morgan fingerprint density at radius 2 is 1.83 bits per heavy atom. The molecule has 5 nitrogen and oxygen atoms in total. The van der Waals surface area contributed by atoms with Gasteiger partial charge in [-0.15, -0.1) is 0 Å². The summed E-state index contributed by atoms with van der Waals surface area (Å²) in [5.41, 5.74) is 0. The van der Waals surface area contributed by atoms with Crippen molar-refractivity contribution in [1.29, 1.82) is 0 Å². The molecule has 0 rings (SSSR count). The fraction of sp³-hybridized carbons (Fsp3) is 1.00. The highest BCUT2D eigenvalue weighted by Gasteiger charge is 2.08. The second-order valence-corrected chi connectivity index (χ2v) is 6.47. The zero-order valence-corrected chi connectivity index (χ0v) is 12.7. The molecule has 18 heavy (non-hydrogen) atoms. The molecular formula is C12H28N2O3S. The molecule has 6 heteroatoms. The molecule has 0 aromatic rings. The monoisotopic (exact) mass is 280 g/mol. The first-order valence-corrected chi connectivity index (χ1v) is 8.43. The van der Waals surface area contributed by atoms with Gasteiger partial charge in [-0.25, -0.2) is 13.1 Å². The Labute approximate surface area is 112 Å². The van der Waals surface area contributed by atoms with Gasteiger partial charge in [0.25, 0.3) is 0 Å². The number of hydrogen-bond acceptors (Lipinski definition) is 4. The van der Waals surface area contributed by atoms with Crippen LogP contribution < -0.4 is 10.0 Å². The van der Waals surface area contributed by atoms with Gasteiger partial charge in [-0.2, -0.15) is 0 Å². The molecule has 0 aliphatic carbocycles.